The maximum absolute atomic E-state index is 13.2. The first kappa shape index (κ1) is 24.2. The highest BCUT2D eigenvalue weighted by Gasteiger charge is 2.27. The normalized spacial score (nSPS) is 14.2. The molecule has 0 atom stereocenters. The zero-order valence-corrected chi connectivity index (χ0v) is 20.8. The first-order valence-electron chi connectivity index (χ1n) is 11.5. The molecule has 1 fully saturated rings. The minimum Gasteiger partial charge on any atom is -0.450 e. The van der Waals surface area contributed by atoms with Gasteiger partial charge in [0.1, 0.15) is 5.58 Å². The van der Waals surface area contributed by atoms with Crippen molar-refractivity contribution in [3.8, 4) is 0 Å². The molecule has 0 saturated carbocycles. The number of nitrogens with zero attached hydrogens (tertiary/aromatic N) is 1. The van der Waals surface area contributed by atoms with E-state index in [4.69, 9.17) is 16.0 Å². The number of carbonyl (C=O) groups excluding carboxylic acids is 2. The summed E-state index contributed by atoms with van der Waals surface area (Å²) < 4.78 is 32.8. The number of fused-ring (bicyclic) bond motifs is 1. The molecule has 1 aliphatic rings. The third-order valence-corrected chi connectivity index (χ3v) is 8.38. The van der Waals surface area contributed by atoms with Gasteiger partial charge in [-0.3, -0.25) is 9.59 Å². The molecule has 1 aliphatic heterocycles. The molecule has 0 amide bonds. The Kier molecular flexibility index (Phi) is 6.66. The molecule has 0 bridgehead atoms. The Bertz CT molecular complexity index is 1540. The van der Waals surface area contributed by atoms with Gasteiger partial charge in [0, 0.05) is 34.6 Å². The first-order chi connectivity index (χ1) is 17.3. The van der Waals surface area contributed by atoms with Gasteiger partial charge in [-0.15, -0.1) is 0 Å². The number of carbonyl (C=O) groups is 2. The summed E-state index contributed by atoms with van der Waals surface area (Å²) >= 11 is 5.95. The highest BCUT2D eigenvalue weighted by atomic mass is 35.5. The lowest BCUT2D eigenvalue weighted by atomic mass is 10.1. The number of hydrogen-bond donors (Lipinski definition) is 1. The number of rotatable bonds is 8. The average molecular weight is 523 g/mol. The van der Waals surface area contributed by atoms with Gasteiger partial charge >= 0.3 is 0 Å². The van der Waals surface area contributed by atoms with Crippen molar-refractivity contribution in [1.29, 1.82) is 0 Å². The Labute approximate surface area is 213 Å². The standard InChI is InChI=1S/C27H23ClN2O5S/c28-20-11-7-19(8-12-20)26(32)27-25(22-5-1-2-6-24(22)35-27)29-17-23(31)18-9-13-21(14-10-18)36(33,34)30-15-3-4-16-30/h1-2,5-14,29H,3-4,15-17H2. The summed E-state index contributed by atoms with van der Waals surface area (Å²) in [7, 11) is -3.55. The van der Waals surface area contributed by atoms with Crippen molar-refractivity contribution < 1.29 is 22.4 Å². The predicted octanol–water partition coefficient (Wildman–Crippen LogP) is 5.40. The quantitative estimate of drug-likeness (QED) is 0.311. The van der Waals surface area contributed by atoms with Crippen molar-refractivity contribution >= 4 is 49.8 Å². The summed E-state index contributed by atoms with van der Waals surface area (Å²) in [6, 6.07) is 19.6. The van der Waals surface area contributed by atoms with Crippen molar-refractivity contribution in [1.82, 2.24) is 4.31 Å². The molecule has 1 aromatic heterocycles. The van der Waals surface area contributed by atoms with E-state index in [9.17, 15) is 18.0 Å². The largest absolute Gasteiger partial charge is 0.450 e. The van der Waals surface area contributed by atoms with Crippen LogP contribution in [0.2, 0.25) is 5.02 Å². The lowest BCUT2D eigenvalue weighted by Gasteiger charge is -2.15. The molecule has 7 nitrogen and oxygen atoms in total. The van der Waals surface area contributed by atoms with Crippen molar-refractivity contribution in [3.05, 3.63) is 94.7 Å². The number of furan rings is 1. The van der Waals surface area contributed by atoms with Crippen LogP contribution in [0.4, 0.5) is 5.69 Å². The van der Waals surface area contributed by atoms with Gasteiger partial charge in [0.2, 0.25) is 15.8 Å². The van der Waals surface area contributed by atoms with Gasteiger partial charge < -0.3 is 9.73 Å². The molecule has 1 saturated heterocycles. The maximum Gasteiger partial charge on any atom is 0.243 e. The van der Waals surface area contributed by atoms with E-state index in [0.717, 1.165) is 12.8 Å². The van der Waals surface area contributed by atoms with Crippen LogP contribution in [0.25, 0.3) is 11.0 Å². The maximum atomic E-state index is 13.2. The second-order valence-electron chi connectivity index (χ2n) is 8.55. The third kappa shape index (κ3) is 4.67. The average Bonchev–Trinajstić information content (AvgIpc) is 3.56. The molecule has 36 heavy (non-hydrogen) atoms. The Hall–Kier alpha value is -3.46. The topological polar surface area (TPSA) is 96.7 Å². The van der Waals surface area contributed by atoms with Crippen LogP contribution in [0.5, 0.6) is 0 Å². The molecule has 0 aliphatic carbocycles. The first-order valence-corrected chi connectivity index (χ1v) is 13.4. The summed E-state index contributed by atoms with van der Waals surface area (Å²) in [4.78, 5) is 26.3. The van der Waals surface area contributed by atoms with Crippen LogP contribution in [-0.4, -0.2) is 43.9 Å². The van der Waals surface area contributed by atoms with Gasteiger partial charge in [0.05, 0.1) is 17.1 Å². The summed E-state index contributed by atoms with van der Waals surface area (Å²) in [6.07, 6.45) is 1.71. The highest BCUT2D eigenvalue weighted by Crippen LogP contribution is 2.32. The molecular formula is C27H23ClN2O5S. The summed E-state index contributed by atoms with van der Waals surface area (Å²) in [5.41, 5.74) is 1.71. The number of ketones is 2. The lowest BCUT2D eigenvalue weighted by molar-refractivity contribution is 0.0997. The number of Topliss-reactive ketones (excluding diaryl/α,β-unsaturated/α-hetero) is 1. The van der Waals surface area contributed by atoms with Crippen molar-refractivity contribution in [3.63, 3.8) is 0 Å². The zero-order valence-electron chi connectivity index (χ0n) is 19.2. The number of halogens is 1. The lowest BCUT2D eigenvalue weighted by Crippen LogP contribution is -2.27. The summed E-state index contributed by atoms with van der Waals surface area (Å²) in [5.74, 6) is -0.497. The number of nitrogens with one attached hydrogen (secondary N) is 1. The Morgan fingerprint density at radius 2 is 1.53 bits per heavy atom. The fraction of sp³-hybridized carbons (Fsp3) is 0.185. The van der Waals surface area contributed by atoms with Crippen LogP contribution in [0.15, 0.2) is 82.1 Å². The molecule has 4 aromatic rings. The fourth-order valence-corrected chi connectivity index (χ4v) is 5.92. The van der Waals surface area contributed by atoms with Crippen LogP contribution < -0.4 is 5.32 Å². The minimum atomic E-state index is -3.55. The molecule has 5 rings (SSSR count). The molecule has 0 spiro atoms. The van der Waals surface area contributed by atoms with Gasteiger partial charge in [0.15, 0.2) is 11.5 Å². The number of benzene rings is 3. The van der Waals surface area contributed by atoms with E-state index >= 15 is 0 Å². The van der Waals surface area contributed by atoms with E-state index in [1.54, 1.807) is 36.4 Å². The molecule has 0 radical (unpaired) electrons. The number of hydrogen-bond acceptors (Lipinski definition) is 6. The van der Waals surface area contributed by atoms with Crippen LogP contribution in [-0.2, 0) is 10.0 Å². The molecule has 2 heterocycles. The van der Waals surface area contributed by atoms with E-state index < -0.39 is 10.0 Å². The zero-order chi connectivity index (χ0) is 25.3. The van der Waals surface area contributed by atoms with E-state index in [1.165, 1.54) is 28.6 Å². The van der Waals surface area contributed by atoms with Crippen LogP contribution in [0, 0.1) is 0 Å². The molecule has 1 N–H and O–H groups in total. The monoisotopic (exact) mass is 522 g/mol. The second-order valence-corrected chi connectivity index (χ2v) is 10.9. The molecule has 3 aromatic carbocycles. The van der Waals surface area contributed by atoms with Gasteiger partial charge in [-0.1, -0.05) is 23.7 Å². The van der Waals surface area contributed by atoms with Crippen molar-refractivity contribution in [2.24, 2.45) is 0 Å². The Morgan fingerprint density at radius 3 is 2.22 bits per heavy atom. The van der Waals surface area contributed by atoms with E-state index in [2.05, 4.69) is 5.32 Å². The predicted molar refractivity (Wildman–Crippen MR) is 138 cm³/mol. The van der Waals surface area contributed by atoms with Crippen LogP contribution in [0.1, 0.15) is 39.3 Å². The Morgan fingerprint density at radius 1 is 0.889 bits per heavy atom. The van der Waals surface area contributed by atoms with E-state index in [-0.39, 0.29) is 28.8 Å². The number of sulfonamides is 1. The third-order valence-electron chi connectivity index (χ3n) is 6.21. The Balaban J connectivity index is 1.37. The van der Waals surface area contributed by atoms with Gasteiger partial charge in [-0.2, -0.15) is 4.31 Å². The summed E-state index contributed by atoms with van der Waals surface area (Å²) in [5, 5.41) is 4.26. The van der Waals surface area contributed by atoms with Gasteiger partial charge in [-0.05, 0) is 73.5 Å². The highest BCUT2D eigenvalue weighted by molar-refractivity contribution is 7.89. The van der Waals surface area contributed by atoms with Crippen molar-refractivity contribution in [2.75, 3.05) is 25.0 Å². The molecular weight excluding hydrogens is 500 g/mol. The summed E-state index contributed by atoms with van der Waals surface area (Å²) in [6.45, 7) is 0.925. The number of anilines is 1. The SMILES string of the molecule is O=C(CNc1c(C(=O)c2ccc(Cl)cc2)oc2ccccc12)c1ccc(S(=O)(=O)N2CCCC2)cc1. The molecule has 184 valence electrons. The van der Waals surface area contributed by atoms with Crippen molar-refractivity contribution in [2.45, 2.75) is 17.7 Å². The molecule has 9 heteroatoms. The minimum absolute atomic E-state index is 0.0957. The smallest absolute Gasteiger partial charge is 0.243 e. The van der Waals surface area contributed by atoms with Crippen LogP contribution >= 0.6 is 11.6 Å². The van der Waals surface area contributed by atoms with E-state index in [1.807, 2.05) is 12.1 Å². The second kappa shape index (κ2) is 9.89. The number of para-hydroxylation sites is 1. The molecule has 0 unspecified atom stereocenters. The fourth-order valence-electron chi connectivity index (χ4n) is 4.27. The van der Waals surface area contributed by atoms with Gasteiger partial charge in [-0.25, -0.2) is 8.42 Å². The van der Waals surface area contributed by atoms with Crippen LogP contribution in [0.3, 0.4) is 0 Å². The van der Waals surface area contributed by atoms with E-state index in [0.29, 0.717) is 45.9 Å². The van der Waals surface area contributed by atoms with Gasteiger partial charge in [0.25, 0.3) is 0 Å².